The van der Waals surface area contributed by atoms with Crippen LogP contribution in [-0.2, 0) is 16.4 Å². The first-order chi connectivity index (χ1) is 11.3. The van der Waals surface area contributed by atoms with E-state index in [9.17, 15) is 13.5 Å². The topological polar surface area (TPSA) is 60.9 Å². The molecule has 1 aromatic carbocycles. The van der Waals surface area contributed by atoms with Gasteiger partial charge in [0, 0.05) is 19.6 Å². The lowest BCUT2D eigenvalue weighted by Crippen LogP contribution is -2.37. The van der Waals surface area contributed by atoms with E-state index < -0.39 is 16.1 Å². The van der Waals surface area contributed by atoms with E-state index in [0.717, 1.165) is 42.7 Å². The van der Waals surface area contributed by atoms with E-state index in [-0.39, 0.29) is 0 Å². The van der Waals surface area contributed by atoms with Crippen LogP contribution < -0.4 is 4.31 Å². The van der Waals surface area contributed by atoms with E-state index in [2.05, 4.69) is 11.8 Å². The van der Waals surface area contributed by atoms with Crippen LogP contribution in [0.2, 0.25) is 0 Å². The zero-order chi connectivity index (χ0) is 17.3. The predicted molar refractivity (Wildman–Crippen MR) is 96.8 cm³/mol. The number of likely N-dealkylation sites (tertiary alicyclic amines) is 1. The molecule has 1 saturated heterocycles. The van der Waals surface area contributed by atoms with Crippen LogP contribution in [-0.4, -0.2) is 50.9 Å². The number of anilines is 1. The highest BCUT2D eigenvalue weighted by Crippen LogP contribution is 2.31. The van der Waals surface area contributed by atoms with Crippen molar-refractivity contribution in [2.75, 3.05) is 36.7 Å². The third-order valence-corrected chi connectivity index (χ3v) is 6.32. The van der Waals surface area contributed by atoms with Crippen LogP contribution in [0.1, 0.15) is 43.4 Å². The number of rotatable bonds is 4. The second-order valence-electron chi connectivity index (χ2n) is 7.35. The van der Waals surface area contributed by atoms with Crippen LogP contribution in [0.25, 0.3) is 0 Å². The summed E-state index contributed by atoms with van der Waals surface area (Å²) in [4.78, 5) is 2.33. The molecule has 0 aliphatic carbocycles. The zero-order valence-electron chi connectivity index (χ0n) is 14.6. The molecule has 2 unspecified atom stereocenters. The Morgan fingerprint density at radius 1 is 1.29 bits per heavy atom. The molecule has 0 bridgehead atoms. The number of sulfonamides is 1. The van der Waals surface area contributed by atoms with Crippen LogP contribution >= 0.6 is 0 Å². The second kappa shape index (κ2) is 7.02. The standard InChI is InChI=1S/C18H28N2O3S/c1-14-5-3-9-19(12-14)13-18(21)16-7-8-17-15(11-16)6-4-10-20(17)24(2,22)23/h7-8,11,14,18,21H,3-6,9-10,12-13H2,1-2H3. The Balaban J connectivity index is 1.76. The van der Waals surface area contributed by atoms with Crippen LogP contribution in [0.15, 0.2) is 18.2 Å². The maximum Gasteiger partial charge on any atom is 0.232 e. The van der Waals surface area contributed by atoms with Crippen LogP contribution in [0.5, 0.6) is 0 Å². The van der Waals surface area contributed by atoms with E-state index in [0.29, 0.717) is 19.0 Å². The number of piperidine rings is 1. The molecule has 1 aromatic rings. The number of fused-ring (bicyclic) bond motifs is 1. The van der Waals surface area contributed by atoms with Crippen molar-refractivity contribution in [1.82, 2.24) is 4.90 Å². The molecule has 5 nitrogen and oxygen atoms in total. The average molecular weight is 353 g/mol. The molecular weight excluding hydrogens is 324 g/mol. The molecule has 2 aliphatic heterocycles. The summed E-state index contributed by atoms with van der Waals surface area (Å²) in [5.74, 6) is 0.692. The van der Waals surface area contributed by atoms with Crippen molar-refractivity contribution in [3.8, 4) is 0 Å². The molecule has 6 heteroatoms. The largest absolute Gasteiger partial charge is 0.387 e. The van der Waals surface area contributed by atoms with Gasteiger partial charge in [-0.15, -0.1) is 0 Å². The summed E-state index contributed by atoms with van der Waals surface area (Å²) in [5.41, 5.74) is 2.68. The molecule has 0 saturated carbocycles. The lowest BCUT2D eigenvalue weighted by atomic mass is 9.97. The number of aliphatic hydroxyl groups is 1. The van der Waals surface area contributed by atoms with Crippen LogP contribution in [0.3, 0.4) is 0 Å². The van der Waals surface area contributed by atoms with E-state index in [4.69, 9.17) is 0 Å². The lowest BCUT2D eigenvalue weighted by Gasteiger charge is -2.33. The minimum Gasteiger partial charge on any atom is -0.387 e. The van der Waals surface area contributed by atoms with Gasteiger partial charge < -0.3 is 10.0 Å². The summed E-state index contributed by atoms with van der Waals surface area (Å²) < 4.78 is 25.3. The first-order valence-electron chi connectivity index (χ1n) is 8.85. The maximum atomic E-state index is 11.9. The van der Waals surface area contributed by atoms with Gasteiger partial charge in [-0.2, -0.15) is 0 Å². The van der Waals surface area contributed by atoms with Gasteiger partial charge in [0.1, 0.15) is 0 Å². The van der Waals surface area contributed by atoms with E-state index >= 15 is 0 Å². The summed E-state index contributed by atoms with van der Waals surface area (Å²) in [6.45, 7) is 5.55. The van der Waals surface area contributed by atoms with Gasteiger partial charge in [0.05, 0.1) is 18.0 Å². The molecule has 134 valence electrons. The molecule has 0 spiro atoms. The number of nitrogens with zero attached hydrogens (tertiary/aromatic N) is 2. The van der Waals surface area contributed by atoms with E-state index in [1.165, 1.54) is 23.4 Å². The minimum atomic E-state index is -3.24. The van der Waals surface area contributed by atoms with Gasteiger partial charge in [0.25, 0.3) is 0 Å². The number of hydrogen-bond acceptors (Lipinski definition) is 4. The van der Waals surface area contributed by atoms with Gasteiger partial charge in [-0.05, 0) is 55.3 Å². The zero-order valence-corrected chi connectivity index (χ0v) is 15.4. The number of benzene rings is 1. The molecule has 2 heterocycles. The second-order valence-corrected chi connectivity index (χ2v) is 9.26. The smallest absolute Gasteiger partial charge is 0.232 e. The molecule has 1 fully saturated rings. The molecule has 0 radical (unpaired) electrons. The Morgan fingerprint density at radius 2 is 2.08 bits per heavy atom. The third kappa shape index (κ3) is 3.92. The van der Waals surface area contributed by atoms with Crippen molar-refractivity contribution in [2.24, 2.45) is 5.92 Å². The van der Waals surface area contributed by atoms with Gasteiger partial charge in [-0.25, -0.2) is 8.42 Å². The Bertz CT molecular complexity index is 690. The van der Waals surface area contributed by atoms with E-state index in [1.54, 1.807) is 0 Å². The molecule has 3 rings (SSSR count). The fraction of sp³-hybridized carbons (Fsp3) is 0.667. The first-order valence-corrected chi connectivity index (χ1v) is 10.7. The van der Waals surface area contributed by atoms with Crippen molar-refractivity contribution >= 4 is 15.7 Å². The summed E-state index contributed by atoms with van der Waals surface area (Å²) in [6, 6.07) is 5.72. The van der Waals surface area contributed by atoms with Gasteiger partial charge in [-0.1, -0.05) is 19.1 Å². The van der Waals surface area contributed by atoms with Crippen molar-refractivity contribution in [1.29, 1.82) is 0 Å². The SMILES string of the molecule is CC1CCCN(CC(O)c2ccc3c(c2)CCCN3S(C)(=O)=O)C1. The highest BCUT2D eigenvalue weighted by Gasteiger charge is 2.25. The van der Waals surface area contributed by atoms with Gasteiger partial charge in [0.2, 0.25) is 10.0 Å². The maximum absolute atomic E-state index is 11.9. The molecule has 0 amide bonds. The molecule has 0 aromatic heterocycles. The highest BCUT2D eigenvalue weighted by molar-refractivity contribution is 7.92. The summed E-state index contributed by atoms with van der Waals surface area (Å²) >= 11 is 0. The first kappa shape index (κ1) is 17.7. The van der Waals surface area contributed by atoms with Gasteiger partial charge in [-0.3, -0.25) is 4.31 Å². The predicted octanol–water partition coefficient (Wildman–Crippen LogP) is 2.16. The van der Waals surface area contributed by atoms with Crippen LogP contribution in [0, 0.1) is 5.92 Å². The Morgan fingerprint density at radius 3 is 2.79 bits per heavy atom. The van der Waals surface area contributed by atoms with Crippen LogP contribution in [0.4, 0.5) is 5.69 Å². The normalized spacial score (nSPS) is 23.8. The van der Waals surface area contributed by atoms with Crippen molar-refractivity contribution < 1.29 is 13.5 Å². The number of aliphatic hydroxyl groups excluding tert-OH is 1. The Kier molecular flexibility index (Phi) is 5.18. The number of hydrogen-bond donors (Lipinski definition) is 1. The van der Waals surface area contributed by atoms with Gasteiger partial charge in [0.15, 0.2) is 0 Å². The molecule has 24 heavy (non-hydrogen) atoms. The summed E-state index contributed by atoms with van der Waals surface area (Å²) in [6.07, 6.45) is 4.89. The van der Waals surface area contributed by atoms with Crippen molar-refractivity contribution in [3.05, 3.63) is 29.3 Å². The molecule has 1 N–H and O–H groups in total. The monoisotopic (exact) mass is 352 g/mol. The average Bonchev–Trinajstić information content (AvgIpc) is 2.53. The fourth-order valence-electron chi connectivity index (χ4n) is 3.94. The molecular formula is C18H28N2O3S. The Hall–Kier alpha value is -1.11. The third-order valence-electron chi connectivity index (χ3n) is 5.14. The minimum absolute atomic E-state index is 0.519. The fourth-order valence-corrected chi connectivity index (χ4v) is 4.93. The molecule has 2 atom stereocenters. The number of β-amino-alcohol motifs (C(OH)–C–C–N with tert-alkyl or cyclic N) is 1. The quantitative estimate of drug-likeness (QED) is 0.902. The summed E-state index contributed by atoms with van der Waals surface area (Å²) in [5, 5.41) is 10.6. The van der Waals surface area contributed by atoms with E-state index in [1.807, 2.05) is 18.2 Å². The Labute approximate surface area is 145 Å². The summed E-state index contributed by atoms with van der Waals surface area (Å²) in [7, 11) is -3.24. The highest BCUT2D eigenvalue weighted by atomic mass is 32.2. The number of aryl methyl sites for hydroxylation is 1. The molecule has 2 aliphatic rings. The lowest BCUT2D eigenvalue weighted by molar-refractivity contribution is 0.0875. The van der Waals surface area contributed by atoms with Gasteiger partial charge >= 0.3 is 0 Å². The van der Waals surface area contributed by atoms with Crippen molar-refractivity contribution in [3.63, 3.8) is 0 Å². The van der Waals surface area contributed by atoms with Crippen molar-refractivity contribution in [2.45, 2.75) is 38.7 Å².